The van der Waals surface area contributed by atoms with Crippen molar-refractivity contribution in [1.29, 1.82) is 0 Å². The van der Waals surface area contributed by atoms with E-state index in [0.717, 1.165) is 18.4 Å². The van der Waals surface area contributed by atoms with Gasteiger partial charge in [-0.05, 0) is 42.7 Å². The van der Waals surface area contributed by atoms with Gasteiger partial charge in [0.2, 0.25) is 17.5 Å². The van der Waals surface area contributed by atoms with Gasteiger partial charge >= 0.3 is 0 Å². The van der Waals surface area contributed by atoms with Crippen LogP contribution in [0.2, 0.25) is 0 Å². The highest BCUT2D eigenvalue weighted by molar-refractivity contribution is 5.95. The maximum atomic E-state index is 13.3. The third-order valence-electron chi connectivity index (χ3n) is 5.72. The molecule has 0 bridgehead atoms. The van der Waals surface area contributed by atoms with Crippen molar-refractivity contribution in [1.82, 2.24) is 15.1 Å². The fourth-order valence-corrected chi connectivity index (χ4v) is 4.03. The topological polar surface area (TPSA) is 86.9 Å². The van der Waals surface area contributed by atoms with Crippen molar-refractivity contribution in [2.75, 3.05) is 34.4 Å². The minimum absolute atomic E-state index is 0.0563. The standard InChI is InChI=1S/C24H26FN3O5/c1-30-19-12-17(13-20(31-2)22(19)32-3)24(29)28-10-4-5-16(14-28)23-27-26-21(33-23)11-15-6-8-18(25)9-7-15/h6-9,12-13,16H,4-5,10-11,14H2,1-3H3. The van der Waals surface area contributed by atoms with Gasteiger partial charge in [-0.2, -0.15) is 0 Å². The third kappa shape index (κ3) is 4.92. The summed E-state index contributed by atoms with van der Waals surface area (Å²) in [6, 6.07) is 9.50. The van der Waals surface area contributed by atoms with Crippen LogP contribution in [0.15, 0.2) is 40.8 Å². The van der Waals surface area contributed by atoms with Crippen LogP contribution in [0.5, 0.6) is 17.2 Å². The summed E-state index contributed by atoms with van der Waals surface area (Å²) >= 11 is 0. The fourth-order valence-electron chi connectivity index (χ4n) is 4.03. The number of nitrogens with zero attached hydrogens (tertiary/aromatic N) is 3. The number of carbonyl (C=O) groups excluding carboxylic acids is 1. The average Bonchev–Trinajstić information content (AvgIpc) is 3.32. The molecule has 2 heterocycles. The number of benzene rings is 2. The molecule has 0 aliphatic carbocycles. The number of aromatic nitrogens is 2. The van der Waals surface area contributed by atoms with Crippen molar-refractivity contribution in [3.63, 3.8) is 0 Å². The highest BCUT2D eigenvalue weighted by Gasteiger charge is 2.30. The molecule has 9 heteroatoms. The molecule has 1 aliphatic heterocycles. The molecule has 0 saturated carbocycles. The summed E-state index contributed by atoms with van der Waals surface area (Å²) in [7, 11) is 4.55. The molecule has 2 aromatic carbocycles. The summed E-state index contributed by atoms with van der Waals surface area (Å²) in [5.41, 5.74) is 1.34. The van der Waals surface area contributed by atoms with Gasteiger partial charge in [-0.1, -0.05) is 12.1 Å². The molecule has 174 valence electrons. The maximum absolute atomic E-state index is 13.3. The Morgan fingerprint density at radius 1 is 1.09 bits per heavy atom. The highest BCUT2D eigenvalue weighted by Crippen LogP contribution is 2.39. The zero-order valence-electron chi connectivity index (χ0n) is 18.8. The van der Waals surface area contributed by atoms with Gasteiger partial charge in [-0.25, -0.2) is 4.39 Å². The van der Waals surface area contributed by atoms with Crippen LogP contribution >= 0.6 is 0 Å². The molecule has 0 N–H and O–H groups in total. The molecule has 3 aromatic rings. The van der Waals surface area contributed by atoms with Crippen LogP contribution in [0.25, 0.3) is 0 Å². The van der Waals surface area contributed by atoms with Gasteiger partial charge in [-0.3, -0.25) is 4.79 Å². The van der Waals surface area contributed by atoms with Crippen molar-refractivity contribution < 1.29 is 27.8 Å². The molecule has 1 fully saturated rings. The van der Waals surface area contributed by atoms with Gasteiger partial charge in [0.15, 0.2) is 11.5 Å². The number of halogens is 1. The van der Waals surface area contributed by atoms with Crippen molar-refractivity contribution in [3.05, 3.63) is 65.1 Å². The minimum atomic E-state index is -0.288. The van der Waals surface area contributed by atoms with Crippen LogP contribution < -0.4 is 14.2 Å². The van der Waals surface area contributed by atoms with Gasteiger partial charge in [0, 0.05) is 18.7 Å². The van der Waals surface area contributed by atoms with Crippen molar-refractivity contribution >= 4 is 5.91 Å². The fraction of sp³-hybridized carbons (Fsp3) is 0.375. The minimum Gasteiger partial charge on any atom is -0.493 e. The first kappa shape index (κ1) is 22.6. The second kappa shape index (κ2) is 9.89. The second-order valence-electron chi connectivity index (χ2n) is 7.84. The molecular formula is C24H26FN3O5. The van der Waals surface area contributed by atoms with Crippen LogP contribution in [0.4, 0.5) is 4.39 Å². The van der Waals surface area contributed by atoms with Gasteiger partial charge in [0.1, 0.15) is 5.82 Å². The van der Waals surface area contributed by atoms with E-state index in [1.807, 2.05) is 0 Å². The van der Waals surface area contributed by atoms with E-state index < -0.39 is 0 Å². The molecule has 4 rings (SSSR count). The first-order chi connectivity index (χ1) is 16.0. The summed E-state index contributed by atoms with van der Waals surface area (Å²) < 4.78 is 35.1. The summed E-state index contributed by atoms with van der Waals surface area (Å²) in [4.78, 5) is 15.0. The molecule has 1 amide bonds. The zero-order chi connectivity index (χ0) is 23.4. The number of piperidine rings is 1. The SMILES string of the molecule is COc1cc(C(=O)N2CCCC(c3nnc(Cc4ccc(F)cc4)o3)C2)cc(OC)c1OC. The summed E-state index contributed by atoms with van der Waals surface area (Å²) in [6.45, 7) is 1.09. The Morgan fingerprint density at radius 3 is 2.42 bits per heavy atom. The molecular weight excluding hydrogens is 429 g/mol. The average molecular weight is 455 g/mol. The predicted molar refractivity (Wildman–Crippen MR) is 117 cm³/mol. The number of carbonyl (C=O) groups is 1. The van der Waals surface area contributed by atoms with Crippen LogP contribution in [-0.4, -0.2) is 55.4 Å². The van der Waals surface area contributed by atoms with E-state index in [0.29, 0.717) is 54.1 Å². The Labute approximate surface area is 191 Å². The lowest BCUT2D eigenvalue weighted by Gasteiger charge is -2.31. The first-order valence-corrected chi connectivity index (χ1v) is 10.7. The predicted octanol–water partition coefficient (Wildman–Crippen LogP) is 3.85. The smallest absolute Gasteiger partial charge is 0.254 e. The second-order valence-corrected chi connectivity index (χ2v) is 7.84. The quantitative estimate of drug-likeness (QED) is 0.535. The molecule has 1 atom stereocenters. The number of likely N-dealkylation sites (tertiary alicyclic amines) is 1. The number of hydrogen-bond donors (Lipinski definition) is 0. The normalized spacial score (nSPS) is 15.9. The molecule has 0 radical (unpaired) electrons. The molecule has 33 heavy (non-hydrogen) atoms. The number of amides is 1. The van der Waals surface area contributed by atoms with Gasteiger partial charge in [0.05, 0.1) is 33.7 Å². The van der Waals surface area contributed by atoms with Crippen molar-refractivity contribution in [2.45, 2.75) is 25.2 Å². The van der Waals surface area contributed by atoms with E-state index in [1.165, 1.54) is 33.5 Å². The molecule has 0 spiro atoms. The van der Waals surface area contributed by atoms with Crippen LogP contribution in [0.3, 0.4) is 0 Å². The van der Waals surface area contributed by atoms with Crippen LogP contribution in [0, 0.1) is 5.82 Å². The number of hydrogen-bond acceptors (Lipinski definition) is 7. The van der Waals surface area contributed by atoms with E-state index in [9.17, 15) is 9.18 Å². The molecule has 8 nitrogen and oxygen atoms in total. The Morgan fingerprint density at radius 2 is 1.79 bits per heavy atom. The number of ether oxygens (including phenoxy) is 3. The number of rotatable bonds is 7. The van der Waals surface area contributed by atoms with E-state index in [2.05, 4.69) is 10.2 Å². The molecule has 1 saturated heterocycles. The van der Waals surface area contributed by atoms with Gasteiger partial charge in [-0.15, -0.1) is 10.2 Å². The zero-order valence-corrected chi connectivity index (χ0v) is 18.8. The van der Waals surface area contributed by atoms with E-state index in [4.69, 9.17) is 18.6 Å². The summed E-state index contributed by atoms with van der Waals surface area (Å²) in [5.74, 6) is 1.78. The van der Waals surface area contributed by atoms with E-state index >= 15 is 0 Å². The first-order valence-electron chi connectivity index (χ1n) is 10.7. The Hall–Kier alpha value is -3.62. The lowest BCUT2D eigenvalue weighted by Crippen LogP contribution is -2.39. The van der Waals surface area contributed by atoms with Gasteiger partial charge in [0.25, 0.3) is 5.91 Å². The van der Waals surface area contributed by atoms with Gasteiger partial charge < -0.3 is 23.5 Å². The monoisotopic (exact) mass is 455 g/mol. The van der Waals surface area contributed by atoms with Crippen LogP contribution in [0.1, 0.15) is 46.5 Å². The highest BCUT2D eigenvalue weighted by atomic mass is 19.1. The summed E-state index contributed by atoms with van der Waals surface area (Å²) in [5, 5.41) is 8.35. The Balaban J connectivity index is 1.48. The lowest BCUT2D eigenvalue weighted by molar-refractivity contribution is 0.0697. The van der Waals surface area contributed by atoms with Crippen molar-refractivity contribution in [3.8, 4) is 17.2 Å². The van der Waals surface area contributed by atoms with E-state index in [1.54, 1.807) is 29.2 Å². The molecule has 1 aromatic heterocycles. The third-order valence-corrected chi connectivity index (χ3v) is 5.72. The molecule has 1 unspecified atom stereocenters. The lowest BCUT2D eigenvalue weighted by atomic mass is 9.97. The van der Waals surface area contributed by atoms with E-state index in [-0.39, 0.29) is 17.6 Å². The largest absolute Gasteiger partial charge is 0.493 e. The summed E-state index contributed by atoms with van der Waals surface area (Å²) in [6.07, 6.45) is 2.09. The Kier molecular flexibility index (Phi) is 6.76. The van der Waals surface area contributed by atoms with Crippen LogP contribution in [-0.2, 0) is 6.42 Å². The molecule has 1 aliphatic rings. The Bertz CT molecular complexity index is 1090. The maximum Gasteiger partial charge on any atom is 0.254 e. The van der Waals surface area contributed by atoms with Crippen molar-refractivity contribution in [2.24, 2.45) is 0 Å². The number of methoxy groups -OCH3 is 3.